The summed E-state index contributed by atoms with van der Waals surface area (Å²) in [4.78, 5) is 1.07. The first-order chi connectivity index (χ1) is 6.70. The molecule has 1 rings (SSSR count). The molecule has 0 radical (unpaired) electrons. The lowest BCUT2D eigenvalue weighted by Crippen LogP contribution is -1.79. The van der Waals surface area contributed by atoms with Crippen molar-refractivity contribution in [2.45, 2.75) is 0 Å². The monoisotopic (exact) mass is 258 g/mol. The molecule has 1 aromatic carbocycles. The van der Waals surface area contributed by atoms with Gasteiger partial charge < -0.3 is 0 Å². The predicted octanol–water partition coefficient (Wildman–Crippen LogP) is 4.30. The molecule has 0 fully saturated rings. The Bertz CT molecular complexity index is 318. The molecule has 74 valence electrons. The lowest BCUT2D eigenvalue weighted by molar-refractivity contribution is 1.66. The Balaban J connectivity index is 2.40. The Hall–Kier alpha value is 0.1000. The Labute approximate surface area is 104 Å². The van der Waals surface area contributed by atoms with Crippen molar-refractivity contribution < 1.29 is 0 Å². The summed E-state index contributed by atoms with van der Waals surface area (Å²) in [5.41, 5.74) is 1.17. The van der Waals surface area contributed by atoms with E-state index in [2.05, 4.69) is 31.3 Å². The van der Waals surface area contributed by atoms with E-state index < -0.39 is 0 Å². The largest absolute Gasteiger partial charge is 0.125 e. The third-order valence-electron chi connectivity index (χ3n) is 1.51. The average molecular weight is 258 g/mol. The zero-order chi connectivity index (χ0) is 10.4. The van der Waals surface area contributed by atoms with Crippen molar-refractivity contribution in [2.24, 2.45) is 0 Å². The van der Waals surface area contributed by atoms with E-state index in [1.807, 2.05) is 18.2 Å². The van der Waals surface area contributed by atoms with Crippen molar-refractivity contribution in [3.8, 4) is 0 Å². The van der Waals surface area contributed by atoms with Gasteiger partial charge in [0.2, 0.25) is 0 Å². The zero-order valence-electron chi connectivity index (χ0n) is 7.47. The number of hydrogen-bond acceptors (Lipinski definition) is 3. The number of hydrogen-bond donors (Lipinski definition) is 1. The average Bonchev–Trinajstić information content (AvgIpc) is 2.18. The number of thiocarbonyl (C=S) groups is 1. The van der Waals surface area contributed by atoms with E-state index in [0.717, 1.165) is 9.99 Å². The van der Waals surface area contributed by atoms with E-state index in [4.69, 9.17) is 12.2 Å². The molecule has 0 spiro atoms. The highest BCUT2D eigenvalue weighted by Gasteiger charge is 1.99. The van der Waals surface area contributed by atoms with Crippen molar-refractivity contribution in [2.75, 3.05) is 5.08 Å². The lowest BCUT2D eigenvalue weighted by Gasteiger charge is -2.03. The van der Waals surface area contributed by atoms with Crippen LogP contribution in [0, 0.1) is 0 Å². The molecule has 0 N–H and O–H groups in total. The third-order valence-corrected chi connectivity index (χ3v) is 4.03. The molecule has 0 bridgehead atoms. The van der Waals surface area contributed by atoms with Crippen LogP contribution in [-0.2, 0) is 0 Å². The van der Waals surface area contributed by atoms with Gasteiger partial charge >= 0.3 is 0 Å². The number of thioether (sulfide) groups is 2. The van der Waals surface area contributed by atoms with Crippen LogP contribution in [0.3, 0.4) is 0 Å². The fourth-order valence-corrected chi connectivity index (χ4v) is 3.28. The molecule has 0 aromatic heterocycles. The highest BCUT2D eigenvalue weighted by atomic mass is 32.2. The van der Waals surface area contributed by atoms with Gasteiger partial charge in [-0.25, -0.2) is 0 Å². The smallest absolute Gasteiger partial charge is 0.102 e. The number of thiol groups is 1. The van der Waals surface area contributed by atoms with Gasteiger partial charge in [-0.3, -0.25) is 0 Å². The van der Waals surface area contributed by atoms with Crippen molar-refractivity contribution >= 4 is 56.8 Å². The topological polar surface area (TPSA) is 0 Å². The normalized spacial score (nSPS) is 9.79. The van der Waals surface area contributed by atoms with Crippen LogP contribution in [0.2, 0.25) is 0 Å². The van der Waals surface area contributed by atoms with E-state index in [1.165, 1.54) is 5.56 Å². The van der Waals surface area contributed by atoms with Gasteiger partial charge in [-0.1, -0.05) is 60.9 Å². The van der Waals surface area contributed by atoms with Gasteiger partial charge in [-0.15, -0.1) is 24.4 Å². The van der Waals surface area contributed by atoms with Crippen LogP contribution in [0.15, 0.2) is 36.9 Å². The van der Waals surface area contributed by atoms with E-state index in [1.54, 1.807) is 23.5 Å². The molecule has 4 heteroatoms. The SMILES string of the molecule is C=C(SCSC(=S)S)c1ccccc1. The standard InChI is InChI=1S/C10H10S4/c1-8(13-7-14-10(11)12)9-5-3-2-4-6-9/h2-6H,1,7H2,(H,11,12). The maximum Gasteiger partial charge on any atom is 0.102 e. The first-order valence-electron chi connectivity index (χ1n) is 3.93. The predicted molar refractivity (Wildman–Crippen MR) is 77.1 cm³/mol. The second kappa shape index (κ2) is 6.56. The maximum absolute atomic E-state index is 4.85. The lowest BCUT2D eigenvalue weighted by atomic mass is 10.2. The Morgan fingerprint density at radius 2 is 1.93 bits per heavy atom. The maximum atomic E-state index is 4.85. The van der Waals surface area contributed by atoms with Crippen molar-refractivity contribution in [3.05, 3.63) is 42.5 Å². The fourth-order valence-electron chi connectivity index (χ4n) is 0.858. The molecule has 0 saturated heterocycles. The van der Waals surface area contributed by atoms with Crippen LogP contribution in [0.25, 0.3) is 4.91 Å². The minimum Gasteiger partial charge on any atom is -0.125 e. The van der Waals surface area contributed by atoms with Crippen molar-refractivity contribution in [1.29, 1.82) is 0 Å². The first-order valence-corrected chi connectivity index (χ1v) is 6.75. The molecule has 0 aliphatic carbocycles. The van der Waals surface area contributed by atoms with Gasteiger partial charge in [-0.05, 0) is 5.56 Å². The molecule has 0 saturated carbocycles. The quantitative estimate of drug-likeness (QED) is 0.486. The third kappa shape index (κ3) is 4.55. The Morgan fingerprint density at radius 1 is 1.29 bits per heavy atom. The molecule has 0 heterocycles. The summed E-state index contributed by atoms with van der Waals surface area (Å²) in [6.45, 7) is 4.00. The zero-order valence-corrected chi connectivity index (χ0v) is 10.8. The van der Waals surface area contributed by atoms with Gasteiger partial charge in [0.05, 0.1) is 0 Å². The summed E-state index contributed by atoms with van der Waals surface area (Å²) in [5, 5.41) is 0.871. The van der Waals surface area contributed by atoms with Gasteiger partial charge in [0.1, 0.15) is 3.53 Å². The summed E-state index contributed by atoms with van der Waals surface area (Å²) in [6, 6.07) is 10.1. The van der Waals surface area contributed by atoms with E-state index >= 15 is 0 Å². The molecular formula is C10H10S4. The van der Waals surface area contributed by atoms with Gasteiger partial charge in [0, 0.05) is 9.99 Å². The molecule has 0 nitrogen and oxygen atoms in total. The van der Waals surface area contributed by atoms with Gasteiger partial charge in [0.15, 0.2) is 0 Å². The van der Waals surface area contributed by atoms with Crippen LogP contribution in [0.4, 0.5) is 0 Å². The van der Waals surface area contributed by atoms with Crippen LogP contribution in [0.1, 0.15) is 5.56 Å². The minimum absolute atomic E-state index is 0.679. The summed E-state index contributed by atoms with van der Waals surface area (Å²) in [5.74, 6) is 0. The highest BCUT2D eigenvalue weighted by Crippen LogP contribution is 2.29. The molecule has 0 amide bonds. The molecule has 14 heavy (non-hydrogen) atoms. The Morgan fingerprint density at radius 3 is 2.50 bits per heavy atom. The number of rotatable bonds is 4. The van der Waals surface area contributed by atoms with Gasteiger partial charge in [0.25, 0.3) is 0 Å². The highest BCUT2D eigenvalue weighted by molar-refractivity contribution is 8.44. The molecule has 0 unspecified atom stereocenters. The Kier molecular flexibility index (Phi) is 5.70. The molecule has 0 atom stereocenters. The van der Waals surface area contributed by atoms with Gasteiger partial charge in [-0.2, -0.15) is 0 Å². The second-order valence-corrected chi connectivity index (χ2v) is 6.60. The van der Waals surface area contributed by atoms with Crippen molar-refractivity contribution in [3.63, 3.8) is 0 Å². The summed E-state index contributed by atoms with van der Waals surface area (Å²) < 4.78 is 0.679. The molecule has 0 aliphatic heterocycles. The van der Waals surface area contributed by atoms with Crippen LogP contribution >= 0.6 is 48.4 Å². The van der Waals surface area contributed by atoms with Crippen LogP contribution < -0.4 is 0 Å². The minimum atomic E-state index is 0.679. The molecule has 1 aromatic rings. The number of benzene rings is 1. The second-order valence-electron chi connectivity index (χ2n) is 2.46. The molecule has 0 aliphatic rings. The molecular weight excluding hydrogens is 248 g/mol. The fraction of sp³-hybridized carbons (Fsp3) is 0.100. The van der Waals surface area contributed by atoms with Crippen molar-refractivity contribution in [1.82, 2.24) is 0 Å². The summed E-state index contributed by atoms with van der Waals surface area (Å²) >= 11 is 12.1. The summed E-state index contributed by atoms with van der Waals surface area (Å²) in [7, 11) is 0. The first kappa shape index (κ1) is 12.2. The van der Waals surface area contributed by atoms with E-state index in [9.17, 15) is 0 Å². The summed E-state index contributed by atoms with van der Waals surface area (Å²) in [6.07, 6.45) is 0. The van der Waals surface area contributed by atoms with Crippen LogP contribution in [0.5, 0.6) is 0 Å². The van der Waals surface area contributed by atoms with Crippen LogP contribution in [-0.4, -0.2) is 8.61 Å². The van der Waals surface area contributed by atoms with E-state index in [0.29, 0.717) is 3.53 Å². The van der Waals surface area contributed by atoms with E-state index in [-0.39, 0.29) is 0 Å².